The van der Waals surface area contributed by atoms with Crippen molar-refractivity contribution in [2.24, 2.45) is 0 Å². The van der Waals surface area contributed by atoms with Gasteiger partial charge in [-0.05, 0) is 145 Å². The Morgan fingerprint density at radius 1 is 0.338 bits per heavy atom. The second-order valence-electron chi connectivity index (χ2n) is 16.3. The first-order chi connectivity index (χ1) is 33.3. The molecule has 10 aromatic carbocycles. The highest BCUT2D eigenvalue weighted by Crippen LogP contribution is 2.41. The van der Waals surface area contributed by atoms with Gasteiger partial charge >= 0.3 is 7.12 Å². The standard InChI is InChI=1S/C30H19BrO.C24H17BO3.C6H4BrI/c31-25-13-7-12-23(16-25)26-18-24(21-10-5-2-6-11-21)19-28-27-17-22(20-8-3-1-4-9-20)14-15-29(27)32-30(26)28;26-25(27)22-15-19(17-9-5-2-6-10-17)14-21-20-13-18(16-7-3-1-4-8-16)11-12-23(20)28-24(21)22;7-5-2-1-3-6(8)4-5/h1-19H;1-15,26-27H;1-4H. The lowest BCUT2D eigenvalue weighted by Crippen LogP contribution is -2.30. The largest absolute Gasteiger partial charge is 0.492 e. The second-order valence-corrected chi connectivity index (χ2v) is 19.3. The summed E-state index contributed by atoms with van der Waals surface area (Å²) in [6.45, 7) is 0. The van der Waals surface area contributed by atoms with Crippen LogP contribution in [-0.4, -0.2) is 17.2 Å². The summed E-state index contributed by atoms with van der Waals surface area (Å²) in [5.74, 6) is 0. The third kappa shape index (κ3) is 9.88. The van der Waals surface area contributed by atoms with Crippen molar-refractivity contribution in [3.8, 4) is 55.6 Å². The minimum atomic E-state index is -1.61. The van der Waals surface area contributed by atoms with Crippen LogP contribution in [0.3, 0.4) is 0 Å². The molecule has 0 fully saturated rings. The third-order valence-corrected chi connectivity index (χ3v) is 13.5. The minimum absolute atomic E-state index is 0.369. The number of halogens is 3. The Kier molecular flexibility index (Phi) is 13.6. The van der Waals surface area contributed by atoms with Gasteiger partial charge in [0, 0.05) is 45.1 Å². The molecule has 2 heterocycles. The van der Waals surface area contributed by atoms with E-state index < -0.39 is 7.12 Å². The highest BCUT2D eigenvalue weighted by Gasteiger charge is 2.22. The predicted molar refractivity (Wildman–Crippen MR) is 299 cm³/mol. The number of hydrogen-bond acceptors (Lipinski definition) is 4. The lowest BCUT2D eigenvalue weighted by atomic mass is 9.77. The number of hydrogen-bond donors (Lipinski definition) is 2. The van der Waals surface area contributed by atoms with Crippen LogP contribution in [0.25, 0.3) is 99.5 Å². The number of rotatable bonds is 6. The van der Waals surface area contributed by atoms with E-state index in [0.29, 0.717) is 11.0 Å². The third-order valence-electron chi connectivity index (χ3n) is 11.8. The molecule has 2 aromatic heterocycles. The van der Waals surface area contributed by atoms with Crippen LogP contribution in [-0.2, 0) is 0 Å². The Bertz CT molecular complexity index is 3670. The van der Waals surface area contributed by atoms with Gasteiger partial charge in [0.05, 0.1) is 0 Å². The van der Waals surface area contributed by atoms with E-state index in [1.165, 1.54) is 25.8 Å². The molecule has 0 aliphatic heterocycles. The van der Waals surface area contributed by atoms with Gasteiger partial charge in [0.15, 0.2) is 0 Å². The van der Waals surface area contributed by atoms with Gasteiger partial charge in [0.1, 0.15) is 22.3 Å². The SMILES string of the molecule is Brc1cccc(-c2cc(-c3ccccc3)cc3c2oc2ccc(-c4ccccc4)cc23)c1.Brc1cccc(I)c1.OB(O)c1cc(-c2ccccc2)cc2c1oc1ccc(-c3ccccc3)cc12. The molecule has 12 rings (SSSR count). The zero-order chi connectivity index (χ0) is 46.6. The highest BCUT2D eigenvalue weighted by atomic mass is 127. The first-order valence-corrected chi connectivity index (χ1v) is 24.7. The fraction of sp³-hybridized carbons (Fsp3) is 0. The van der Waals surface area contributed by atoms with Crippen LogP contribution in [0.15, 0.2) is 248 Å². The summed E-state index contributed by atoms with van der Waals surface area (Å²) in [5.41, 5.74) is 14.6. The van der Waals surface area contributed by atoms with Crippen molar-refractivity contribution >= 4 is 111 Å². The van der Waals surface area contributed by atoms with Crippen LogP contribution in [0, 0.1) is 3.57 Å². The minimum Gasteiger partial charge on any atom is -0.456 e. The van der Waals surface area contributed by atoms with Crippen molar-refractivity contribution < 1.29 is 18.9 Å². The molecular formula is C60H40BBr2IO4. The van der Waals surface area contributed by atoms with E-state index in [2.05, 4.69) is 194 Å². The molecule has 0 aliphatic carbocycles. The number of furan rings is 2. The molecule has 0 saturated heterocycles. The molecule has 8 heteroatoms. The summed E-state index contributed by atoms with van der Waals surface area (Å²) in [7, 11) is -1.61. The molecule has 0 aliphatic rings. The second kappa shape index (κ2) is 20.4. The van der Waals surface area contributed by atoms with Gasteiger partial charge < -0.3 is 18.9 Å². The molecule has 4 nitrogen and oxygen atoms in total. The summed E-state index contributed by atoms with van der Waals surface area (Å²) in [6, 6.07) is 78.5. The molecule has 0 saturated carbocycles. The summed E-state index contributed by atoms with van der Waals surface area (Å²) < 4.78 is 15.9. The molecule has 0 amide bonds. The molecule has 0 radical (unpaired) electrons. The van der Waals surface area contributed by atoms with Gasteiger partial charge in [-0.1, -0.05) is 190 Å². The van der Waals surface area contributed by atoms with E-state index in [0.717, 1.165) is 80.6 Å². The van der Waals surface area contributed by atoms with Crippen LogP contribution in [0.5, 0.6) is 0 Å². The summed E-state index contributed by atoms with van der Waals surface area (Å²) >= 11 is 9.26. The quantitative estimate of drug-likeness (QED) is 0.129. The van der Waals surface area contributed by atoms with E-state index in [-0.39, 0.29) is 0 Å². The molecule has 2 N–H and O–H groups in total. The molecule has 328 valence electrons. The van der Waals surface area contributed by atoms with Crippen molar-refractivity contribution in [2.75, 3.05) is 0 Å². The van der Waals surface area contributed by atoms with Gasteiger partial charge in [0.25, 0.3) is 0 Å². The number of fused-ring (bicyclic) bond motifs is 6. The molecule has 0 bridgehead atoms. The Morgan fingerprint density at radius 3 is 1.21 bits per heavy atom. The lowest BCUT2D eigenvalue weighted by molar-refractivity contribution is 0.425. The Hall–Kier alpha value is -6.53. The molecule has 0 unspecified atom stereocenters. The van der Waals surface area contributed by atoms with Crippen LogP contribution in [0.4, 0.5) is 0 Å². The Morgan fingerprint density at radius 2 is 0.750 bits per heavy atom. The lowest BCUT2D eigenvalue weighted by Gasteiger charge is -2.08. The highest BCUT2D eigenvalue weighted by molar-refractivity contribution is 14.1. The first-order valence-electron chi connectivity index (χ1n) is 22.0. The van der Waals surface area contributed by atoms with Gasteiger partial charge in [-0.2, -0.15) is 0 Å². The Labute approximate surface area is 425 Å². The van der Waals surface area contributed by atoms with Crippen molar-refractivity contribution in [1.29, 1.82) is 0 Å². The van der Waals surface area contributed by atoms with Gasteiger partial charge in [0.2, 0.25) is 0 Å². The topological polar surface area (TPSA) is 66.7 Å². The predicted octanol–water partition coefficient (Wildman–Crippen LogP) is 17.0. The molecule has 0 spiro atoms. The van der Waals surface area contributed by atoms with Gasteiger partial charge in [-0.25, -0.2) is 0 Å². The number of benzene rings is 10. The smallest absolute Gasteiger partial charge is 0.456 e. The molecular weight excluding hydrogens is 1080 g/mol. The zero-order valence-corrected chi connectivity index (χ0v) is 41.7. The van der Waals surface area contributed by atoms with Gasteiger partial charge in [-0.3, -0.25) is 0 Å². The van der Waals surface area contributed by atoms with E-state index in [4.69, 9.17) is 8.83 Å². The van der Waals surface area contributed by atoms with Crippen molar-refractivity contribution in [2.45, 2.75) is 0 Å². The van der Waals surface area contributed by atoms with Crippen LogP contribution in [0.1, 0.15) is 0 Å². The van der Waals surface area contributed by atoms with E-state index >= 15 is 0 Å². The first kappa shape index (κ1) is 45.3. The van der Waals surface area contributed by atoms with E-state index in [9.17, 15) is 10.0 Å². The van der Waals surface area contributed by atoms with Crippen molar-refractivity contribution in [3.05, 3.63) is 243 Å². The van der Waals surface area contributed by atoms with E-state index in [1.54, 1.807) is 6.07 Å². The maximum atomic E-state index is 9.95. The molecule has 12 aromatic rings. The van der Waals surface area contributed by atoms with Gasteiger partial charge in [-0.15, -0.1) is 0 Å². The Balaban J connectivity index is 0.000000137. The van der Waals surface area contributed by atoms with Crippen molar-refractivity contribution in [3.63, 3.8) is 0 Å². The zero-order valence-electron chi connectivity index (χ0n) is 36.4. The summed E-state index contributed by atoms with van der Waals surface area (Å²) in [6.07, 6.45) is 0. The van der Waals surface area contributed by atoms with E-state index in [1.807, 2.05) is 84.9 Å². The molecule has 0 atom stereocenters. The van der Waals surface area contributed by atoms with Crippen LogP contribution < -0.4 is 5.46 Å². The average molecular weight is 1120 g/mol. The summed E-state index contributed by atoms with van der Waals surface area (Å²) in [4.78, 5) is 0. The average Bonchev–Trinajstić information content (AvgIpc) is 3.95. The maximum Gasteiger partial charge on any atom is 0.492 e. The summed E-state index contributed by atoms with van der Waals surface area (Å²) in [5, 5.41) is 24.0. The fourth-order valence-corrected chi connectivity index (χ4v) is 10.3. The monoisotopic (exact) mass is 1120 g/mol. The van der Waals surface area contributed by atoms with Crippen LogP contribution >= 0.6 is 54.5 Å². The fourth-order valence-electron chi connectivity index (χ4n) is 8.52. The normalized spacial score (nSPS) is 11.0. The van der Waals surface area contributed by atoms with Crippen LogP contribution in [0.2, 0.25) is 0 Å². The maximum absolute atomic E-state index is 9.95. The molecule has 68 heavy (non-hydrogen) atoms. The van der Waals surface area contributed by atoms with Crippen molar-refractivity contribution in [1.82, 2.24) is 0 Å².